The summed E-state index contributed by atoms with van der Waals surface area (Å²) in [7, 11) is 0. The monoisotopic (exact) mass is 752 g/mol. The van der Waals surface area contributed by atoms with Gasteiger partial charge in [-0.05, 0) is 32.1 Å². The van der Waals surface area contributed by atoms with Gasteiger partial charge in [0.15, 0.2) is 0 Å². The van der Waals surface area contributed by atoms with Gasteiger partial charge in [0.2, 0.25) is 5.91 Å². The second-order valence-corrected chi connectivity index (χ2v) is 16.5. The summed E-state index contributed by atoms with van der Waals surface area (Å²) in [5.41, 5.74) is 0. The Morgan fingerprint density at radius 3 is 1.15 bits per heavy atom. The van der Waals surface area contributed by atoms with E-state index in [9.17, 15) is 25.2 Å². The van der Waals surface area contributed by atoms with Gasteiger partial charge in [0.05, 0.1) is 18.8 Å². The van der Waals surface area contributed by atoms with E-state index in [4.69, 9.17) is 0 Å². The van der Waals surface area contributed by atoms with Crippen LogP contribution in [0.15, 0.2) is 12.2 Å². The third-order valence-corrected chi connectivity index (χ3v) is 11.2. The quantitative estimate of drug-likeness (QED) is 0.0315. The second kappa shape index (κ2) is 42.2. The van der Waals surface area contributed by atoms with Crippen molar-refractivity contribution in [2.24, 2.45) is 0 Å². The second-order valence-electron chi connectivity index (χ2n) is 16.5. The molecule has 0 fully saturated rings. The zero-order chi connectivity index (χ0) is 38.9. The lowest BCUT2D eigenvalue weighted by atomic mass is 9.99. The van der Waals surface area contributed by atoms with Gasteiger partial charge in [-0.2, -0.15) is 0 Å². The minimum absolute atomic E-state index is 0.356. The molecule has 0 heterocycles. The number of aliphatic hydroxyl groups is 4. The van der Waals surface area contributed by atoms with Crippen LogP contribution in [0.5, 0.6) is 0 Å². The first-order valence-electron chi connectivity index (χ1n) is 23.6. The average molecular weight is 752 g/mol. The third-order valence-electron chi connectivity index (χ3n) is 11.2. The number of aliphatic hydroxyl groups excluding tert-OH is 4. The van der Waals surface area contributed by atoms with E-state index in [1.165, 1.54) is 167 Å². The highest BCUT2D eigenvalue weighted by Gasteiger charge is 2.28. The number of amides is 1. The molecule has 6 nitrogen and oxygen atoms in total. The van der Waals surface area contributed by atoms with E-state index in [0.717, 1.165) is 57.8 Å². The maximum Gasteiger partial charge on any atom is 0.249 e. The van der Waals surface area contributed by atoms with Crippen molar-refractivity contribution < 1.29 is 25.2 Å². The molecule has 0 rings (SSSR count). The molecule has 53 heavy (non-hydrogen) atoms. The smallest absolute Gasteiger partial charge is 0.249 e. The number of carbonyl (C=O) groups is 1. The third kappa shape index (κ3) is 36.4. The lowest BCUT2D eigenvalue weighted by molar-refractivity contribution is -0.132. The van der Waals surface area contributed by atoms with Crippen LogP contribution in [-0.4, -0.2) is 57.3 Å². The van der Waals surface area contributed by atoms with Gasteiger partial charge in [0.25, 0.3) is 0 Å². The van der Waals surface area contributed by atoms with E-state index in [0.29, 0.717) is 12.8 Å². The van der Waals surface area contributed by atoms with E-state index in [1.54, 1.807) is 0 Å². The Labute approximate surface area is 330 Å². The maximum absolute atomic E-state index is 12.4. The Morgan fingerprint density at radius 1 is 0.453 bits per heavy atom. The zero-order valence-corrected chi connectivity index (χ0v) is 35.5. The summed E-state index contributed by atoms with van der Waals surface area (Å²) < 4.78 is 0. The van der Waals surface area contributed by atoms with E-state index in [1.807, 2.05) is 0 Å². The summed E-state index contributed by atoms with van der Waals surface area (Å²) in [6.07, 6.45) is 47.0. The fourth-order valence-electron chi connectivity index (χ4n) is 7.45. The van der Waals surface area contributed by atoms with Crippen LogP contribution in [0, 0.1) is 0 Å². The Bertz CT molecular complexity index is 761. The van der Waals surface area contributed by atoms with Crippen LogP contribution < -0.4 is 5.32 Å². The summed E-state index contributed by atoms with van der Waals surface area (Å²) in [4.78, 5) is 12.4. The van der Waals surface area contributed by atoms with Crippen molar-refractivity contribution in [2.75, 3.05) is 6.61 Å². The van der Waals surface area contributed by atoms with Crippen molar-refractivity contribution >= 4 is 5.91 Å². The first-order valence-corrected chi connectivity index (χ1v) is 23.6. The number of nitrogens with one attached hydrogen (secondary N) is 1. The first kappa shape index (κ1) is 52.0. The molecule has 0 aromatic heterocycles. The molecule has 0 aliphatic carbocycles. The van der Waals surface area contributed by atoms with Crippen LogP contribution in [0.1, 0.15) is 251 Å². The van der Waals surface area contributed by atoms with Gasteiger partial charge in [-0.3, -0.25) is 4.79 Å². The predicted molar refractivity (Wildman–Crippen MR) is 228 cm³/mol. The van der Waals surface area contributed by atoms with Gasteiger partial charge in [-0.25, -0.2) is 0 Å². The van der Waals surface area contributed by atoms with Crippen LogP contribution >= 0.6 is 0 Å². The standard InChI is InChI=1S/C47H93NO5/c1-3-5-7-9-11-13-15-16-17-18-19-20-21-22-23-24-25-26-27-28-29-30-31-33-34-36-38-40-44(50)46(52)43(42-49)48-47(53)45(51)41-39-37-35-32-14-12-10-8-6-4-2/h10,12,43-46,49-52H,3-9,11,13-42H2,1-2H3,(H,48,53)/b12-10-. The fraction of sp³-hybridized carbons (Fsp3) is 0.936. The van der Waals surface area contributed by atoms with Crippen LogP contribution in [0.2, 0.25) is 0 Å². The van der Waals surface area contributed by atoms with Crippen LogP contribution in [0.4, 0.5) is 0 Å². The molecule has 0 spiro atoms. The largest absolute Gasteiger partial charge is 0.394 e. The fourth-order valence-corrected chi connectivity index (χ4v) is 7.45. The van der Waals surface area contributed by atoms with Crippen molar-refractivity contribution in [2.45, 2.75) is 276 Å². The van der Waals surface area contributed by atoms with Gasteiger partial charge in [-0.1, -0.05) is 231 Å². The van der Waals surface area contributed by atoms with Crippen molar-refractivity contribution in [3.8, 4) is 0 Å². The minimum Gasteiger partial charge on any atom is -0.394 e. The lowest BCUT2D eigenvalue weighted by Crippen LogP contribution is -2.53. The van der Waals surface area contributed by atoms with Gasteiger partial charge >= 0.3 is 0 Å². The molecule has 1 amide bonds. The number of hydrogen-bond acceptors (Lipinski definition) is 5. The van der Waals surface area contributed by atoms with Crippen LogP contribution in [0.3, 0.4) is 0 Å². The number of carbonyl (C=O) groups excluding carboxylic acids is 1. The number of allylic oxidation sites excluding steroid dienone is 2. The molecule has 0 saturated heterocycles. The molecule has 4 atom stereocenters. The molecule has 0 bridgehead atoms. The molecule has 0 aliphatic heterocycles. The molecule has 0 saturated carbocycles. The highest BCUT2D eigenvalue weighted by atomic mass is 16.3. The first-order chi connectivity index (χ1) is 26.0. The lowest BCUT2D eigenvalue weighted by Gasteiger charge is -2.27. The Kier molecular flexibility index (Phi) is 41.4. The molecule has 0 radical (unpaired) electrons. The molecular formula is C47H93NO5. The van der Waals surface area contributed by atoms with E-state index in [2.05, 4.69) is 31.3 Å². The Morgan fingerprint density at radius 2 is 0.774 bits per heavy atom. The topological polar surface area (TPSA) is 110 Å². The van der Waals surface area contributed by atoms with E-state index < -0.39 is 36.9 Å². The normalized spacial score (nSPS) is 14.2. The SMILES string of the molecule is CCCC/C=C\CCCCCCC(O)C(=O)NC(CO)C(O)C(O)CCCCCCCCCCCCCCCCCCCCCCCCCCCCC. The average Bonchev–Trinajstić information content (AvgIpc) is 3.16. The van der Waals surface area contributed by atoms with Gasteiger partial charge < -0.3 is 25.7 Å². The molecule has 316 valence electrons. The Hall–Kier alpha value is -0.950. The molecule has 0 aromatic rings. The summed E-state index contributed by atoms with van der Waals surface area (Å²) in [6.45, 7) is 4.01. The predicted octanol–water partition coefficient (Wildman–Crippen LogP) is 12.6. The number of rotatable bonds is 43. The van der Waals surface area contributed by atoms with Crippen molar-refractivity contribution in [1.82, 2.24) is 5.32 Å². The molecule has 0 aromatic carbocycles. The Balaban J connectivity index is 3.58. The van der Waals surface area contributed by atoms with Gasteiger partial charge in [0.1, 0.15) is 12.2 Å². The van der Waals surface area contributed by atoms with Crippen LogP contribution in [-0.2, 0) is 4.79 Å². The molecule has 5 N–H and O–H groups in total. The van der Waals surface area contributed by atoms with E-state index in [-0.39, 0.29) is 0 Å². The molecule has 0 aliphatic rings. The number of hydrogen-bond donors (Lipinski definition) is 5. The molecular weight excluding hydrogens is 659 g/mol. The highest BCUT2D eigenvalue weighted by Crippen LogP contribution is 2.17. The number of unbranched alkanes of at least 4 members (excludes halogenated alkanes) is 32. The molecule has 4 unspecified atom stereocenters. The van der Waals surface area contributed by atoms with Gasteiger partial charge in [-0.15, -0.1) is 0 Å². The summed E-state index contributed by atoms with van der Waals surface area (Å²) in [6, 6.07) is -0.986. The van der Waals surface area contributed by atoms with E-state index >= 15 is 0 Å². The minimum atomic E-state index is -1.26. The summed E-state index contributed by atoms with van der Waals surface area (Å²) in [5, 5.41) is 43.6. The van der Waals surface area contributed by atoms with Crippen molar-refractivity contribution in [3.63, 3.8) is 0 Å². The molecule has 6 heteroatoms. The maximum atomic E-state index is 12.4. The summed E-state index contributed by atoms with van der Waals surface area (Å²) in [5.74, 6) is -0.593. The van der Waals surface area contributed by atoms with Crippen molar-refractivity contribution in [1.29, 1.82) is 0 Å². The summed E-state index contributed by atoms with van der Waals surface area (Å²) >= 11 is 0. The van der Waals surface area contributed by atoms with Crippen LogP contribution in [0.25, 0.3) is 0 Å². The van der Waals surface area contributed by atoms with Crippen molar-refractivity contribution in [3.05, 3.63) is 12.2 Å². The zero-order valence-electron chi connectivity index (χ0n) is 35.5. The highest BCUT2D eigenvalue weighted by molar-refractivity contribution is 5.80. The van der Waals surface area contributed by atoms with Gasteiger partial charge in [0, 0.05) is 0 Å².